The third-order valence-electron chi connectivity index (χ3n) is 3.86. The monoisotopic (exact) mass is 357 g/mol. The van der Waals surface area contributed by atoms with Crippen LogP contribution in [-0.2, 0) is 17.9 Å². The maximum Gasteiger partial charge on any atom is 0.270 e. The van der Waals surface area contributed by atoms with E-state index in [2.05, 4.69) is 10.6 Å². The van der Waals surface area contributed by atoms with Crippen LogP contribution in [0.4, 0.5) is 11.4 Å². The molecule has 7 nitrogen and oxygen atoms in total. The molecule has 0 radical (unpaired) electrons. The van der Waals surface area contributed by atoms with Crippen LogP contribution in [0.5, 0.6) is 0 Å². The topological polar surface area (TPSA) is 93.5 Å². The molecule has 0 aromatic heterocycles. The first-order valence-corrected chi connectivity index (χ1v) is 8.35. The lowest BCUT2D eigenvalue weighted by molar-refractivity contribution is -0.384. The molecule has 0 aliphatic heterocycles. The highest BCUT2D eigenvalue weighted by Crippen LogP contribution is 2.22. The van der Waals surface area contributed by atoms with Crippen molar-refractivity contribution in [2.45, 2.75) is 33.1 Å². The van der Waals surface area contributed by atoms with Crippen LogP contribution in [0.25, 0.3) is 0 Å². The number of carbonyl (C=O) groups excluding carboxylic acids is 1. The summed E-state index contributed by atoms with van der Waals surface area (Å²) in [7, 11) is 1.66. The molecule has 2 N–H and O–H groups in total. The van der Waals surface area contributed by atoms with E-state index in [0.717, 1.165) is 11.1 Å². The summed E-state index contributed by atoms with van der Waals surface area (Å²) in [4.78, 5) is 23.0. The van der Waals surface area contributed by atoms with Crippen molar-refractivity contribution < 1.29 is 14.5 Å². The van der Waals surface area contributed by atoms with E-state index in [1.165, 1.54) is 18.2 Å². The smallest absolute Gasteiger partial charge is 0.270 e. The van der Waals surface area contributed by atoms with Gasteiger partial charge in [-0.25, -0.2) is 0 Å². The number of anilines is 1. The Labute approximate surface area is 152 Å². The van der Waals surface area contributed by atoms with Gasteiger partial charge in [0.2, 0.25) is 0 Å². The Bertz CT molecular complexity index is 790. The lowest BCUT2D eigenvalue weighted by Gasteiger charge is -2.14. The second kappa shape index (κ2) is 8.96. The van der Waals surface area contributed by atoms with Crippen molar-refractivity contribution in [3.63, 3.8) is 0 Å². The molecule has 0 heterocycles. The Morgan fingerprint density at radius 1 is 1.19 bits per heavy atom. The van der Waals surface area contributed by atoms with Crippen LogP contribution in [0.3, 0.4) is 0 Å². The van der Waals surface area contributed by atoms with Crippen LogP contribution in [0, 0.1) is 10.1 Å². The molecule has 26 heavy (non-hydrogen) atoms. The van der Waals surface area contributed by atoms with Gasteiger partial charge in [0.05, 0.1) is 23.2 Å². The van der Waals surface area contributed by atoms with Crippen molar-refractivity contribution in [2.24, 2.45) is 0 Å². The van der Waals surface area contributed by atoms with Gasteiger partial charge in [0.1, 0.15) is 0 Å². The number of rotatable bonds is 8. The molecule has 0 bridgehead atoms. The van der Waals surface area contributed by atoms with E-state index in [4.69, 9.17) is 4.74 Å². The van der Waals surface area contributed by atoms with Gasteiger partial charge in [-0.15, -0.1) is 0 Å². The van der Waals surface area contributed by atoms with E-state index in [9.17, 15) is 14.9 Å². The quantitative estimate of drug-likeness (QED) is 0.557. The Hall–Kier alpha value is -2.93. The first kappa shape index (κ1) is 19.4. The number of nitrogens with zero attached hydrogens (tertiary/aromatic N) is 1. The van der Waals surface area contributed by atoms with Gasteiger partial charge in [-0.05, 0) is 31.0 Å². The second-order valence-corrected chi connectivity index (χ2v) is 6.05. The summed E-state index contributed by atoms with van der Waals surface area (Å²) >= 11 is 0. The van der Waals surface area contributed by atoms with Crippen molar-refractivity contribution >= 4 is 17.3 Å². The Morgan fingerprint density at radius 3 is 2.50 bits per heavy atom. The molecule has 7 heteroatoms. The molecule has 2 aromatic rings. The lowest BCUT2D eigenvalue weighted by atomic mass is 10.1. The highest BCUT2D eigenvalue weighted by molar-refractivity contribution is 6.00. The minimum atomic E-state index is -0.519. The molecule has 0 unspecified atom stereocenters. The summed E-state index contributed by atoms with van der Waals surface area (Å²) in [6, 6.07) is 11.9. The van der Waals surface area contributed by atoms with Crippen LogP contribution in [0.1, 0.15) is 35.3 Å². The van der Waals surface area contributed by atoms with Gasteiger partial charge in [-0.1, -0.05) is 24.3 Å². The molecule has 0 aliphatic carbocycles. The maximum absolute atomic E-state index is 12.5. The Kier molecular flexibility index (Phi) is 6.68. The summed E-state index contributed by atoms with van der Waals surface area (Å²) in [5, 5.41) is 16.7. The zero-order chi connectivity index (χ0) is 19.1. The number of nitrogens with one attached hydrogen (secondary N) is 2. The summed E-state index contributed by atoms with van der Waals surface area (Å²) in [6.07, 6.45) is 0.112. The number of hydrogen-bond acceptors (Lipinski definition) is 5. The number of ether oxygens (including phenoxy) is 1. The average Bonchev–Trinajstić information content (AvgIpc) is 2.64. The maximum atomic E-state index is 12.5. The van der Waals surface area contributed by atoms with Gasteiger partial charge < -0.3 is 15.4 Å². The minimum absolute atomic E-state index is 0.112. The number of carbonyl (C=O) groups is 1. The molecule has 0 saturated heterocycles. The van der Waals surface area contributed by atoms with Gasteiger partial charge in [0, 0.05) is 31.4 Å². The van der Waals surface area contributed by atoms with E-state index >= 15 is 0 Å². The molecule has 138 valence electrons. The van der Waals surface area contributed by atoms with Gasteiger partial charge in [0.25, 0.3) is 11.6 Å². The standard InChI is InChI=1S/C19H23N3O4/c1-13(2)26-12-15-7-5-4-6-14(15)11-21-19(23)17-10-16(22(24)25)8-9-18(17)20-3/h4-10,13,20H,11-12H2,1-3H3,(H,21,23). The van der Waals surface area contributed by atoms with Crippen LogP contribution in [0.2, 0.25) is 0 Å². The van der Waals surface area contributed by atoms with E-state index in [1.807, 2.05) is 38.1 Å². The van der Waals surface area contributed by atoms with Crippen molar-refractivity contribution in [1.82, 2.24) is 5.32 Å². The molecule has 2 rings (SSSR count). The SMILES string of the molecule is CNc1ccc([N+](=O)[O-])cc1C(=O)NCc1ccccc1COC(C)C. The number of non-ortho nitro benzene ring substituents is 1. The largest absolute Gasteiger partial charge is 0.387 e. The van der Waals surface area contributed by atoms with Gasteiger partial charge >= 0.3 is 0 Å². The Balaban J connectivity index is 2.14. The molecule has 0 fully saturated rings. The van der Waals surface area contributed by atoms with E-state index < -0.39 is 4.92 Å². The molecule has 2 aromatic carbocycles. The molecular weight excluding hydrogens is 334 g/mol. The number of nitro groups is 1. The number of nitro benzene ring substituents is 1. The molecule has 0 saturated carbocycles. The van der Waals surface area contributed by atoms with E-state index in [1.54, 1.807) is 7.05 Å². The first-order valence-electron chi connectivity index (χ1n) is 8.35. The fraction of sp³-hybridized carbons (Fsp3) is 0.316. The van der Waals surface area contributed by atoms with Crippen LogP contribution < -0.4 is 10.6 Å². The van der Waals surface area contributed by atoms with Crippen LogP contribution in [-0.4, -0.2) is 24.0 Å². The molecule has 0 spiro atoms. The van der Waals surface area contributed by atoms with Crippen molar-refractivity contribution in [3.05, 3.63) is 69.3 Å². The second-order valence-electron chi connectivity index (χ2n) is 6.05. The van der Waals surface area contributed by atoms with Crippen molar-refractivity contribution in [3.8, 4) is 0 Å². The van der Waals surface area contributed by atoms with Crippen LogP contribution >= 0.6 is 0 Å². The normalized spacial score (nSPS) is 10.6. The third-order valence-corrected chi connectivity index (χ3v) is 3.86. The van der Waals surface area contributed by atoms with Crippen molar-refractivity contribution in [1.29, 1.82) is 0 Å². The van der Waals surface area contributed by atoms with E-state index in [0.29, 0.717) is 18.8 Å². The fourth-order valence-electron chi connectivity index (χ4n) is 2.45. The average molecular weight is 357 g/mol. The zero-order valence-corrected chi connectivity index (χ0v) is 15.1. The summed E-state index contributed by atoms with van der Waals surface area (Å²) < 4.78 is 5.64. The number of hydrogen-bond donors (Lipinski definition) is 2. The number of amides is 1. The summed E-state index contributed by atoms with van der Waals surface area (Å²) in [5.41, 5.74) is 2.58. The highest BCUT2D eigenvalue weighted by atomic mass is 16.6. The molecule has 0 atom stereocenters. The van der Waals surface area contributed by atoms with Gasteiger partial charge in [-0.3, -0.25) is 14.9 Å². The molecule has 1 amide bonds. The fourth-order valence-corrected chi connectivity index (χ4v) is 2.45. The Morgan fingerprint density at radius 2 is 1.88 bits per heavy atom. The van der Waals surface area contributed by atoms with Gasteiger partial charge in [-0.2, -0.15) is 0 Å². The molecular formula is C19H23N3O4. The first-order chi connectivity index (χ1) is 12.4. The highest BCUT2D eigenvalue weighted by Gasteiger charge is 2.16. The van der Waals surface area contributed by atoms with Gasteiger partial charge in [0.15, 0.2) is 0 Å². The predicted molar refractivity (Wildman–Crippen MR) is 100 cm³/mol. The van der Waals surface area contributed by atoms with Crippen molar-refractivity contribution in [2.75, 3.05) is 12.4 Å². The third kappa shape index (κ3) is 5.03. The zero-order valence-electron chi connectivity index (χ0n) is 15.1. The van der Waals surface area contributed by atoms with E-state index in [-0.39, 0.29) is 23.3 Å². The number of benzene rings is 2. The van der Waals surface area contributed by atoms with Crippen LogP contribution in [0.15, 0.2) is 42.5 Å². The molecule has 0 aliphatic rings. The lowest BCUT2D eigenvalue weighted by Crippen LogP contribution is -2.24. The predicted octanol–water partition coefficient (Wildman–Crippen LogP) is 3.49. The summed E-state index contributed by atoms with van der Waals surface area (Å²) in [5.74, 6) is -0.377. The summed E-state index contributed by atoms with van der Waals surface area (Å²) in [6.45, 7) is 4.70. The minimum Gasteiger partial charge on any atom is -0.387 e.